The normalized spacial score (nSPS) is 17.7. The minimum atomic E-state index is 0.795. The number of piperidine rings is 1. The van der Waals surface area contributed by atoms with Gasteiger partial charge in [-0.25, -0.2) is 0 Å². The summed E-state index contributed by atoms with van der Waals surface area (Å²) in [5, 5.41) is 4.95. The molecule has 1 aliphatic heterocycles. The fourth-order valence-corrected chi connectivity index (χ4v) is 4.36. The van der Waals surface area contributed by atoms with Crippen molar-refractivity contribution >= 4 is 21.4 Å². The highest BCUT2D eigenvalue weighted by molar-refractivity contribution is 7.19. The summed E-state index contributed by atoms with van der Waals surface area (Å²) in [7, 11) is 0. The lowest BCUT2D eigenvalue weighted by Gasteiger charge is -2.22. The third kappa shape index (κ3) is 2.00. The van der Waals surface area contributed by atoms with E-state index in [0.29, 0.717) is 0 Å². The van der Waals surface area contributed by atoms with Gasteiger partial charge in [-0.1, -0.05) is 25.1 Å². The molecule has 1 aromatic heterocycles. The number of fused-ring (bicyclic) bond motifs is 1. The minimum Gasteiger partial charge on any atom is -0.317 e. The molecule has 1 N–H and O–H groups in total. The van der Waals surface area contributed by atoms with Crippen molar-refractivity contribution in [2.45, 2.75) is 32.1 Å². The van der Waals surface area contributed by atoms with Crippen LogP contribution in [-0.4, -0.2) is 13.1 Å². The summed E-state index contributed by atoms with van der Waals surface area (Å²) in [5.74, 6) is 0.795. The molecule has 2 aromatic rings. The van der Waals surface area contributed by atoms with Crippen molar-refractivity contribution in [3.8, 4) is 0 Å². The molecule has 2 heterocycles. The van der Waals surface area contributed by atoms with Gasteiger partial charge in [0.25, 0.3) is 0 Å². The molecule has 0 saturated carbocycles. The number of nitrogens with one attached hydrogen (secondary N) is 1. The maximum atomic E-state index is 3.46. The summed E-state index contributed by atoms with van der Waals surface area (Å²) in [6.45, 7) is 4.66. The van der Waals surface area contributed by atoms with E-state index in [2.05, 4.69) is 36.5 Å². The van der Waals surface area contributed by atoms with Crippen LogP contribution in [0.4, 0.5) is 0 Å². The Balaban J connectivity index is 2.08. The zero-order valence-electron chi connectivity index (χ0n) is 10.3. The van der Waals surface area contributed by atoms with Crippen molar-refractivity contribution in [1.29, 1.82) is 0 Å². The smallest absolute Gasteiger partial charge is 0.0348 e. The highest BCUT2D eigenvalue weighted by Gasteiger charge is 2.21. The summed E-state index contributed by atoms with van der Waals surface area (Å²) in [6, 6.07) is 8.88. The molecule has 0 aliphatic carbocycles. The van der Waals surface area contributed by atoms with Crippen molar-refractivity contribution in [3.63, 3.8) is 0 Å². The van der Waals surface area contributed by atoms with Gasteiger partial charge < -0.3 is 5.32 Å². The Hall–Kier alpha value is -0.860. The first-order valence-corrected chi connectivity index (χ1v) is 7.43. The summed E-state index contributed by atoms with van der Waals surface area (Å²) < 4.78 is 1.47. The van der Waals surface area contributed by atoms with E-state index in [1.807, 2.05) is 11.3 Å². The monoisotopic (exact) mass is 245 g/mol. The average Bonchev–Trinajstić information content (AvgIpc) is 2.78. The van der Waals surface area contributed by atoms with Gasteiger partial charge in [0.2, 0.25) is 0 Å². The quantitative estimate of drug-likeness (QED) is 0.845. The second-order valence-electron chi connectivity index (χ2n) is 4.82. The van der Waals surface area contributed by atoms with Crippen LogP contribution in [-0.2, 0) is 6.42 Å². The first-order chi connectivity index (χ1) is 8.40. The molecule has 90 valence electrons. The number of hydrogen-bond donors (Lipinski definition) is 1. The van der Waals surface area contributed by atoms with Gasteiger partial charge in [0.05, 0.1) is 0 Å². The maximum absolute atomic E-state index is 3.46. The van der Waals surface area contributed by atoms with E-state index in [9.17, 15) is 0 Å². The second-order valence-corrected chi connectivity index (χ2v) is 5.90. The van der Waals surface area contributed by atoms with E-state index >= 15 is 0 Å². The SMILES string of the molecule is CCc1c(C2CCNCC2)sc2ccccc12. The van der Waals surface area contributed by atoms with Gasteiger partial charge in [0.15, 0.2) is 0 Å². The lowest BCUT2D eigenvalue weighted by molar-refractivity contribution is 0.463. The van der Waals surface area contributed by atoms with Crippen molar-refractivity contribution in [3.05, 3.63) is 34.7 Å². The van der Waals surface area contributed by atoms with E-state index in [1.165, 1.54) is 42.4 Å². The van der Waals surface area contributed by atoms with E-state index in [4.69, 9.17) is 0 Å². The van der Waals surface area contributed by atoms with Crippen LogP contribution in [0.2, 0.25) is 0 Å². The lowest BCUT2D eigenvalue weighted by Crippen LogP contribution is -2.26. The zero-order valence-corrected chi connectivity index (χ0v) is 11.1. The van der Waals surface area contributed by atoms with Gasteiger partial charge >= 0.3 is 0 Å². The predicted octanol–water partition coefficient (Wildman–Crippen LogP) is 3.93. The van der Waals surface area contributed by atoms with Gasteiger partial charge in [-0.05, 0) is 55.3 Å². The van der Waals surface area contributed by atoms with Gasteiger partial charge in [-0.3, -0.25) is 0 Å². The Bertz CT molecular complexity index is 509. The Morgan fingerprint density at radius 3 is 2.76 bits per heavy atom. The van der Waals surface area contributed by atoms with E-state index < -0.39 is 0 Å². The van der Waals surface area contributed by atoms with Crippen LogP contribution in [0, 0.1) is 0 Å². The third-order valence-electron chi connectivity index (χ3n) is 3.79. The summed E-state index contributed by atoms with van der Waals surface area (Å²) in [5.41, 5.74) is 1.61. The minimum absolute atomic E-state index is 0.795. The Kier molecular flexibility index (Phi) is 3.17. The molecule has 0 unspecified atom stereocenters. The molecule has 1 aliphatic rings. The van der Waals surface area contributed by atoms with E-state index in [0.717, 1.165) is 5.92 Å². The number of hydrogen-bond acceptors (Lipinski definition) is 2. The molecule has 1 saturated heterocycles. The number of aryl methyl sites for hydroxylation is 1. The largest absolute Gasteiger partial charge is 0.317 e. The molecule has 0 atom stereocenters. The first kappa shape index (κ1) is 11.2. The highest BCUT2D eigenvalue weighted by atomic mass is 32.1. The van der Waals surface area contributed by atoms with Crippen LogP contribution in [0.25, 0.3) is 10.1 Å². The fourth-order valence-electron chi connectivity index (χ4n) is 2.90. The van der Waals surface area contributed by atoms with E-state index in [1.54, 1.807) is 10.4 Å². The Labute approximate surface area is 107 Å². The standard InChI is InChI=1S/C15H19NS/c1-2-12-13-5-3-4-6-14(13)17-15(12)11-7-9-16-10-8-11/h3-6,11,16H,2,7-10H2,1H3. The molecule has 1 aromatic carbocycles. The molecular weight excluding hydrogens is 226 g/mol. The Morgan fingerprint density at radius 1 is 1.24 bits per heavy atom. The molecule has 17 heavy (non-hydrogen) atoms. The van der Waals surface area contributed by atoms with Crippen LogP contribution in [0.1, 0.15) is 36.1 Å². The van der Waals surface area contributed by atoms with Gasteiger partial charge in [0.1, 0.15) is 0 Å². The van der Waals surface area contributed by atoms with Crippen LogP contribution in [0.5, 0.6) is 0 Å². The van der Waals surface area contributed by atoms with E-state index in [-0.39, 0.29) is 0 Å². The van der Waals surface area contributed by atoms with Crippen molar-refractivity contribution in [2.75, 3.05) is 13.1 Å². The third-order valence-corrected chi connectivity index (χ3v) is 5.17. The number of rotatable bonds is 2. The molecule has 0 bridgehead atoms. The number of thiophene rings is 1. The summed E-state index contributed by atoms with van der Waals surface area (Å²) in [6.07, 6.45) is 3.78. The van der Waals surface area contributed by atoms with Gasteiger partial charge in [-0.15, -0.1) is 11.3 Å². The van der Waals surface area contributed by atoms with Crippen LogP contribution < -0.4 is 5.32 Å². The highest BCUT2D eigenvalue weighted by Crippen LogP contribution is 2.39. The molecule has 0 amide bonds. The molecule has 0 radical (unpaired) electrons. The molecule has 1 nitrogen and oxygen atoms in total. The molecular formula is C15H19NS. The predicted molar refractivity (Wildman–Crippen MR) is 76.0 cm³/mol. The fraction of sp³-hybridized carbons (Fsp3) is 0.467. The first-order valence-electron chi connectivity index (χ1n) is 6.61. The number of benzene rings is 1. The van der Waals surface area contributed by atoms with Crippen molar-refractivity contribution in [2.24, 2.45) is 0 Å². The Morgan fingerprint density at radius 2 is 2.00 bits per heavy atom. The van der Waals surface area contributed by atoms with Crippen LogP contribution in [0.15, 0.2) is 24.3 Å². The molecule has 1 fully saturated rings. The maximum Gasteiger partial charge on any atom is 0.0348 e. The van der Waals surface area contributed by atoms with Crippen LogP contribution >= 0.6 is 11.3 Å². The van der Waals surface area contributed by atoms with Gasteiger partial charge in [-0.2, -0.15) is 0 Å². The molecule has 3 rings (SSSR count). The summed E-state index contributed by atoms with van der Waals surface area (Å²) in [4.78, 5) is 1.66. The second kappa shape index (κ2) is 4.79. The molecule has 0 spiro atoms. The average molecular weight is 245 g/mol. The van der Waals surface area contributed by atoms with Crippen molar-refractivity contribution < 1.29 is 0 Å². The topological polar surface area (TPSA) is 12.0 Å². The lowest BCUT2D eigenvalue weighted by atomic mass is 9.92. The van der Waals surface area contributed by atoms with Crippen molar-refractivity contribution in [1.82, 2.24) is 5.32 Å². The molecule has 2 heteroatoms. The van der Waals surface area contributed by atoms with Gasteiger partial charge in [0, 0.05) is 9.58 Å². The zero-order chi connectivity index (χ0) is 11.7. The summed E-state index contributed by atoms with van der Waals surface area (Å²) >= 11 is 2.03. The van der Waals surface area contributed by atoms with Crippen LogP contribution in [0.3, 0.4) is 0 Å².